The van der Waals surface area contributed by atoms with Crippen LogP contribution in [0.3, 0.4) is 0 Å². The molecule has 176 valence electrons. The molecule has 6 nitrogen and oxygen atoms in total. The minimum Gasteiger partial charge on any atom is -0.490 e. The average molecular weight is 548 g/mol. The maximum absolute atomic E-state index is 14.4. The lowest BCUT2D eigenvalue weighted by Crippen LogP contribution is -2.44. The van der Waals surface area contributed by atoms with Gasteiger partial charge < -0.3 is 25.2 Å². The van der Waals surface area contributed by atoms with Crippen molar-refractivity contribution in [1.82, 2.24) is 20.4 Å². The first-order valence-corrected chi connectivity index (χ1v) is 11.4. The molecule has 1 heterocycles. The number of aliphatic imine (C=N–C) groups is 1. The van der Waals surface area contributed by atoms with Crippen LogP contribution in [0.5, 0.6) is 5.75 Å². The molecule has 0 spiro atoms. The zero-order valence-corrected chi connectivity index (χ0v) is 21.5. The third-order valence-electron chi connectivity index (χ3n) is 5.99. The fraction of sp³-hybridized carbons (Fsp3) is 0.696. The Morgan fingerprint density at radius 3 is 2.61 bits per heavy atom. The largest absolute Gasteiger partial charge is 0.490 e. The average Bonchev–Trinajstić information content (AvgIpc) is 3.57. The molecule has 0 bridgehead atoms. The molecule has 2 N–H and O–H groups in total. The number of guanidine groups is 1. The first-order chi connectivity index (χ1) is 14.5. The molecule has 1 aromatic carbocycles. The Labute approximate surface area is 204 Å². The van der Waals surface area contributed by atoms with E-state index in [0.717, 1.165) is 31.0 Å². The number of benzene rings is 1. The number of likely N-dealkylation sites (N-methyl/N-ethyl adjacent to an activating group) is 1. The summed E-state index contributed by atoms with van der Waals surface area (Å²) < 4.78 is 19.9. The number of hydrogen-bond donors (Lipinski definition) is 2. The van der Waals surface area contributed by atoms with E-state index in [1.54, 1.807) is 19.2 Å². The molecular formula is C23H39FIN5O. The van der Waals surface area contributed by atoms with Crippen LogP contribution in [-0.4, -0.2) is 75.7 Å². The Kier molecular flexibility index (Phi) is 11.3. The predicted molar refractivity (Wildman–Crippen MR) is 136 cm³/mol. The van der Waals surface area contributed by atoms with Crippen LogP contribution >= 0.6 is 24.0 Å². The third kappa shape index (κ3) is 9.10. The highest BCUT2D eigenvalue weighted by molar-refractivity contribution is 14.0. The lowest BCUT2D eigenvalue weighted by atomic mass is 10.1. The van der Waals surface area contributed by atoms with Crippen LogP contribution in [0.4, 0.5) is 4.39 Å². The van der Waals surface area contributed by atoms with Crippen molar-refractivity contribution >= 4 is 29.9 Å². The van der Waals surface area contributed by atoms with Crippen molar-refractivity contribution in [1.29, 1.82) is 0 Å². The lowest BCUT2D eigenvalue weighted by molar-refractivity contribution is 0.152. The van der Waals surface area contributed by atoms with Gasteiger partial charge in [-0.1, -0.05) is 6.07 Å². The number of nitrogens with zero attached hydrogens (tertiary/aromatic N) is 3. The Hall–Kier alpha value is -1.13. The Bertz CT molecular complexity index is 693. The van der Waals surface area contributed by atoms with Gasteiger partial charge in [-0.15, -0.1) is 24.0 Å². The normalized spacial score (nSPS) is 18.9. The molecule has 1 unspecified atom stereocenters. The van der Waals surface area contributed by atoms with Gasteiger partial charge in [0.05, 0.1) is 12.6 Å². The van der Waals surface area contributed by atoms with E-state index in [1.807, 2.05) is 13.0 Å². The molecule has 31 heavy (non-hydrogen) atoms. The Morgan fingerprint density at radius 1 is 1.23 bits per heavy atom. The molecule has 1 aliphatic heterocycles. The second-order valence-corrected chi connectivity index (χ2v) is 8.66. The van der Waals surface area contributed by atoms with Crippen molar-refractivity contribution in [2.75, 3.05) is 60.0 Å². The first-order valence-electron chi connectivity index (χ1n) is 11.4. The molecule has 0 amide bonds. The molecule has 1 aromatic rings. The molecule has 1 aliphatic carbocycles. The summed E-state index contributed by atoms with van der Waals surface area (Å²) in [4.78, 5) is 9.23. The number of ether oxygens (including phenoxy) is 1. The summed E-state index contributed by atoms with van der Waals surface area (Å²) in [6.45, 7) is 9.35. The van der Waals surface area contributed by atoms with Crippen molar-refractivity contribution in [2.24, 2.45) is 10.9 Å². The third-order valence-corrected chi connectivity index (χ3v) is 5.99. The number of halogens is 2. The number of nitrogens with one attached hydrogen (secondary N) is 2. The monoisotopic (exact) mass is 547 g/mol. The number of unbranched alkanes of at least 4 members (excludes halogenated alkanes) is 1. The van der Waals surface area contributed by atoms with E-state index in [2.05, 4.69) is 32.5 Å². The second-order valence-electron chi connectivity index (χ2n) is 8.66. The highest BCUT2D eigenvalue weighted by atomic mass is 127. The minimum absolute atomic E-state index is 0. The Morgan fingerprint density at radius 2 is 1.97 bits per heavy atom. The van der Waals surface area contributed by atoms with Crippen LogP contribution in [0.2, 0.25) is 0 Å². The number of piperazine rings is 1. The summed E-state index contributed by atoms with van der Waals surface area (Å²) >= 11 is 0. The minimum atomic E-state index is -0.298. The number of rotatable bonds is 10. The van der Waals surface area contributed by atoms with Crippen LogP contribution in [0.15, 0.2) is 23.2 Å². The van der Waals surface area contributed by atoms with Gasteiger partial charge in [0, 0.05) is 39.8 Å². The zero-order valence-electron chi connectivity index (χ0n) is 19.2. The van der Waals surface area contributed by atoms with E-state index in [4.69, 9.17) is 4.74 Å². The van der Waals surface area contributed by atoms with E-state index in [9.17, 15) is 4.39 Å². The van der Waals surface area contributed by atoms with Crippen molar-refractivity contribution < 1.29 is 9.13 Å². The Balaban J connectivity index is 0.00000341. The van der Waals surface area contributed by atoms with Crippen LogP contribution in [0, 0.1) is 11.7 Å². The SMILES string of the molecule is CN=C(NCCCCN1CCN(C)CC1)NC(C)c1ccc(OCC2CC2)c(F)c1.I. The van der Waals surface area contributed by atoms with Gasteiger partial charge in [-0.3, -0.25) is 4.99 Å². The first kappa shape index (κ1) is 26.1. The quantitative estimate of drug-likeness (QED) is 0.203. The fourth-order valence-electron chi connectivity index (χ4n) is 3.62. The highest BCUT2D eigenvalue weighted by Crippen LogP contribution is 2.30. The van der Waals surface area contributed by atoms with Crippen LogP contribution < -0.4 is 15.4 Å². The topological polar surface area (TPSA) is 52.1 Å². The van der Waals surface area contributed by atoms with Crippen molar-refractivity contribution in [3.8, 4) is 5.75 Å². The van der Waals surface area contributed by atoms with E-state index in [-0.39, 0.29) is 35.8 Å². The van der Waals surface area contributed by atoms with Crippen molar-refractivity contribution in [3.05, 3.63) is 29.6 Å². The summed E-state index contributed by atoms with van der Waals surface area (Å²) in [6.07, 6.45) is 4.67. The molecule has 3 rings (SSSR count). The van der Waals surface area contributed by atoms with Gasteiger partial charge in [-0.2, -0.15) is 0 Å². The summed E-state index contributed by atoms with van der Waals surface area (Å²) in [7, 11) is 3.95. The summed E-state index contributed by atoms with van der Waals surface area (Å²) in [5, 5.41) is 6.72. The van der Waals surface area contributed by atoms with Crippen LogP contribution in [0.1, 0.15) is 44.2 Å². The molecule has 1 saturated heterocycles. The molecular weight excluding hydrogens is 508 g/mol. The van der Waals surface area contributed by atoms with Gasteiger partial charge in [0.1, 0.15) is 0 Å². The maximum atomic E-state index is 14.4. The van der Waals surface area contributed by atoms with Crippen LogP contribution in [-0.2, 0) is 0 Å². The summed E-state index contributed by atoms with van der Waals surface area (Å²) in [5.74, 6) is 1.41. The predicted octanol–water partition coefficient (Wildman–Crippen LogP) is 3.49. The van der Waals surface area contributed by atoms with Gasteiger partial charge in [0.2, 0.25) is 0 Å². The van der Waals surface area contributed by atoms with E-state index < -0.39 is 0 Å². The lowest BCUT2D eigenvalue weighted by Gasteiger charge is -2.32. The van der Waals surface area contributed by atoms with Gasteiger partial charge >= 0.3 is 0 Å². The van der Waals surface area contributed by atoms with E-state index in [1.165, 1.54) is 45.4 Å². The summed E-state index contributed by atoms with van der Waals surface area (Å²) in [6, 6.07) is 5.17. The molecule has 1 saturated carbocycles. The zero-order chi connectivity index (χ0) is 21.3. The highest BCUT2D eigenvalue weighted by Gasteiger charge is 2.22. The van der Waals surface area contributed by atoms with Gasteiger partial charge in [-0.25, -0.2) is 4.39 Å². The molecule has 2 fully saturated rings. The summed E-state index contributed by atoms with van der Waals surface area (Å²) in [5.41, 5.74) is 0.879. The molecule has 1 atom stereocenters. The van der Waals surface area contributed by atoms with E-state index in [0.29, 0.717) is 18.3 Å². The van der Waals surface area contributed by atoms with Gasteiger partial charge in [-0.05, 0) is 69.8 Å². The fourth-order valence-corrected chi connectivity index (χ4v) is 3.62. The standard InChI is InChI=1S/C23H38FN5O.HI/c1-18(20-8-9-22(21(24)16-20)30-17-19-6-7-19)27-23(25-2)26-10-4-5-11-29-14-12-28(3)13-15-29;/h8-9,16,18-19H,4-7,10-15,17H2,1-3H3,(H2,25,26,27);1H. The van der Waals surface area contributed by atoms with E-state index >= 15 is 0 Å². The van der Waals surface area contributed by atoms with Gasteiger partial charge in [0.15, 0.2) is 17.5 Å². The van der Waals surface area contributed by atoms with Gasteiger partial charge in [0.25, 0.3) is 0 Å². The smallest absolute Gasteiger partial charge is 0.191 e. The molecule has 0 radical (unpaired) electrons. The van der Waals surface area contributed by atoms with Crippen LogP contribution in [0.25, 0.3) is 0 Å². The maximum Gasteiger partial charge on any atom is 0.191 e. The molecule has 2 aliphatic rings. The molecule has 0 aromatic heterocycles. The molecule has 8 heteroatoms. The second kappa shape index (κ2) is 13.4. The number of hydrogen-bond acceptors (Lipinski definition) is 4. The van der Waals surface area contributed by atoms with Crippen molar-refractivity contribution in [2.45, 2.75) is 38.6 Å². The van der Waals surface area contributed by atoms with Crippen molar-refractivity contribution in [3.63, 3.8) is 0 Å².